The van der Waals surface area contributed by atoms with E-state index in [2.05, 4.69) is 26.5 Å². The van der Waals surface area contributed by atoms with E-state index in [4.69, 9.17) is 0 Å². The number of hydrogen-bond acceptors (Lipinski definition) is 5. The fourth-order valence-corrected chi connectivity index (χ4v) is 1.41. The number of ketones is 2. The third-order valence-electron chi connectivity index (χ3n) is 1.78. The largest absolute Gasteiger partial charge is 0.506 e. The van der Waals surface area contributed by atoms with Crippen LogP contribution in [0.4, 0.5) is 5.69 Å². The highest BCUT2D eigenvalue weighted by molar-refractivity contribution is 9.10. The number of phenols is 1. The van der Waals surface area contributed by atoms with Gasteiger partial charge in [0.25, 0.3) is 0 Å². The van der Waals surface area contributed by atoms with E-state index < -0.39 is 0 Å². The summed E-state index contributed by atoms with van der Waals surface area (Å²) in [7, 11) is 0. The third-order valence-corrected chi connectivity index (χ3v) is 2.27. The zero-order valence-electron chi connectivity index (χ0n) is 9.11. The van der Waals surface area contributed by atoms with E-state index in [0.717, 1.165) is 10.7 Å². The number of rotatable bonds is 5. The van der Waals surface area contributed by atoms with Gasteiger partial charge in [-0.1, -0.05) is 15.9 Å². The first-order valence-corrected chi connectivity index (χ1v) is 5.58. The van der Waals surface area contributed by atoms with Crippen LogP contribution >= 0.6 is 15.9 Å². The molecule has 0 aliphatic carbocycles. The SMILES string of the molecule is CC(=O)CC(=O)/C=N/Nc1ccc(Br)cc1O. The van der Waals surface area contributed by atoms with Gasteiger partial charge in [0, 0.05) is 4.47 Å². The van der Waals surface area contributed by atoms with E-state index in [1.54, 1.807) is 12.1 Å². The third kappa shape index (κ3) is 4.78. The molecule has 0 saturated heterocycles. The van der Waals surface area contributed by atoms with Crippen molar-refractivity contribution in [2.75, 3.05) is 5.43 Å². The Bertz CT molecular complexity index is 472. The minimum atomic E-state index is -0.387. The summed E-state index contributed by atoms with van der Waals surface area (Å²) in [5.41, 5.74) is 2.89. The first kappa shape index (κ1) is 13.4. The Morgan fingerprint density at radius 1 is 1.53 bits per heavy atom. The maximum Gasteiger partial charge on any atom is 0.182 e. The number of halogens is 1. The second-order valence-electron chi connectivity index (χ2n) is 3.38. The summed E-state index contributed by atoms with van der Waals surface area (Å²) in [6, 6.07) is 4.82. The van der Waals surface area contributed by atoms with Crippen molar-refractivity contribution in [2.45, 2.75) is 13.3 Å². The predicted molar refractivity (Wildman–Crippen MR) is 68.2 cm³/mol. The van der Waals surface area contributed by atoms with Crippen LogP contribution in [0.1, 0.15) is 13.3 Å². The molecule has 6 heteroatoms. The summed E-state index contributed by atoms with van der Waals surface area (Å²) in [5.74, 6) is -0.593. The van der Waals surface area contributed by atoms with Crippen LogP contribution in [0.15, 0.2) is 27.8 Å². The fraction of sp³-hybridized carbons (Fsp3) is 0.182. The molecule has 1 aromatic carbocycles. The minimum absolute atomic E-state index is 0.00976. The van der Waals surface area contributed by atoms with Crippen molar-refractivity contribution in [2.24, 2.45) is 5.10 Å². The van der Waals surface area contributed by atoms with Crippen LogP contribution in [0.3, 0.4) is 0 Å². The Kier molecular flexibility index (Phi) is 4.84. The molecule has 2 N–H and O–H groups in total. The Morgan fingerprint density at radius 2 is 2.24 bits per heavy atom. The molecule has 1 aromatic rings. The van der Waals surface area contributed by atoms with Crippen LogP contribution in [-0.2, 0) is 9.59 Å². The van der Waals surface area contributed by atoms with Crippen molar-refractivity contribution < 1.29 is 14.7 Å². The fourth-order valence-electron chi connectivity index (χ4n) is 1.06. The molecule has 0 saturated carbocycles. The van der Waals surface area contributed by atoms with Gasteiger partial charge >= 0.3 is 0 Å². The van der Waals surface area contributed by atoms with Gasteiger partial charge in [-0.15, -0.1) is 0 Å². The Hall–Kier alpha value is -1.69. The summed E-state index contributed by atoms with van der Waals surface area (Å²) in [6.45, 7) is 1.33. The van der Waals surface area contributed by atoms with Gasteiger partial charge in [-0.3, -0.25) is 15.0 Å². The molecular weight excluding hydrogens is 288 g/mol. The van der Waals surface area contributed by atoms with Crippen molar-refractivity contribution in [3.05, 3.63) is 22.7 Å². The zero-order valence-corrected chi connectivity index (χ0v) is 10.7. The van der Waals surface area contributed by atoms with Crippen molar-refractivity contribution >= 4 is 39.4 Å². The number of benzene rings is 1. The molecule has 0 heterocycles. The van der Waals surface area contributed by atoms with E-state index >= 15 is 0 Å². The van der Waals surface area contributed by atoms with Gasteiger partial charge in [-0.2, -0.15) is 5.10 Å². The number of hydrogen-bond donors (Lipinski definition) is 2. The van der Waals surface area contributed by atoms with Gasteiger partial charge < -0.3 is 5.11 Å². The van der Waals surface area contributed by atoms with Gasteiger partial charge in [-0.05, 0) is 25.1 Å². The molecule has 0 atom stereocenters. The summed E-state index contributed by atoms with van der Waals surface area (Å²) in [6.07, 6.45) is 0.848. The monoisotopic (exact) mass is 298 g/mol. The highest BCUT2D eigenvalue weighted by Crippen LogP contribution is 2.26. The summed E-state index contributed by atoms with van der Waals surface area (Å²) < 4.78 is 0.734. The molecule has 0 spiro atoms. The maximum atomic E-state index is 11.1. The van der Waals surface area contributed by atoms with Crippen LogP contribution in [0.25, 0.3) is 0 Å². The predicted octanol–water partition coefficient (Wildman–Crippen LogP) is 2.10. The molecule has 5 nitrogen and oxygen atoms in total. The molecule has 0 bridgehead atoms. The first-order chi connectivity index (χ1) is 7.99. The zero-order chi connectivity index (χ0) is 12.8. The maximum absolute atomic E-state index is 11.1. The van der Waals surface area contributed by atoms with E-state index in [9.17, 15) is 14.7 Å². The van der Waals surface area contributed by atoms with E-state index in [1.807, 2.05) is 0 Å². The van der Waals surface area contributed by atoms with Crippen molar-refractivity contribution in [1.82, 2.24) is 0 Å². The van der Waals surface area contributed by atoms with Crippen molar-refractivity contribution in [1.29, 1.82) is 0 Å². The number of hydrazone groups is 1. The molecule has 0 fully saturated rings. The lowest BCUT2D eigenvalue weighted by molar-refractivity contribution is -0.122. The van der Waals surface area contributed by atoms with Crippen LogP contribution in [0.5, 0.6) is 5.75 Å². The quantitative estimate of drug-likeness (QED) is 0.378. The Labute approximate surface area is 107 Å². The highest BCUT2D eigenvalue weighted by Gasteiger charge is 2.02. The number of phenolic OH excluding ortho intramolecular Hbond substituents is 1. The van der Waals surface area contributed by atoms with Gasteiger partial charge in [0.15, 0.2) is 5.78 Å². The average molecular weight is 299 g/mol. The van der Waals surface area contributed by atoms with E-state index in [0.29, 0.717) is 5.69 Å². The van der Waals surface area contributed by atoms with Crippen molar-refractivity contribution in [3.63, 3.8) is 0 Å². The van der Waals surface area contributed by atoms with E-state index in [1.165, 1.54) is 13.0 Å². The van der Waals surface area contributed by atoms with Gasteiger partial charge in [0.1, 0.15) is 11.5 Å². The summed E-state index contributed by atoms with van der Waals surface area (Å²) in [5, 5.41) is 13.1. The molecule has 17 heavy (non-hydrogen) atoms. The standard InChI is InChI=1S/C11H11BrN2O3/c1-7(15)4-9(16)6-13-14-10-3-2-8(12)5-11(10)17/h2-3,5-6,14,17H,4H2,1H3/b13-6+. The minimum Gasteiger partial charge on any atom is -0.506 e. The molecule has 0 radical (unpaired) electrons. The number of anilines is 1. The number of nitrogens with one attached hydrogen (secondary N) is 1. The molecule has 0 aromatic heterocycles. The Balaban J connectivity index is 2.58. The average Bonchev–Trinajstić information content (AvgIpc) is 2.20. The second-order valence-corrected chi connectivity index (χ2v) is 4.29. The van der Waals surface area contributed by atoms with Crippen LogP contribution in [-0.4, -0.2) is 22.9 Å². The topological polar surface area (TPSA) is 78.8 Å². The molecule has 1 rings (SSSR count). The molecular formula is C11H11BrN2O3. The normalized spacial score (nSPS) is 10.5. The van der Waals surface area contributed by atoms with Gasteiger partial charge in [0.2, 0.25) is 0 Å². The lowest BCUT2D eigenvalue weighted by Crippen LogP contribution is -2.06. The lowest BCUT2D eigenvalue weighted by atomic mass is 10.2. The summed E-state index contributed by atoms with van der Waals surface area (Å²) in [4.78, 5) is 21.7. The van der Waals surface area contributed by atoms with Crippen LogP contribution in [0.2, 0.25) is 0 Å². The molecule has 0 aliphatic rings. The van der Waals surface area contributed by atoms with Gasteiger partial charge in [-0.25, -0.2) is 0 Å². The Morgan fingerprint density at radius 3 is 2.82 bits per heavy atom. The number of aromatic hydroxyl groups is 1. The first-order valence-electron chi connectivity index (χ1n) is 4.79. The van der Waals surface area contributed by atoms with Crippen LogP contribution < -0.4 is 5.43 Å². The van der Waals surface area contributed by atoms with E-state index in [-0.39, 0.29) is 23.7 Å². The molecule has 0 amide bonds. The highest BCUT2D eigenvalue weighted by atomic mass is 79.9. The number of nitrogens with zero attached hydrogens (tertiary/aromatic N) is 1. The number of carbonyl (C=O) groups excluding carboxylic acids is 2. The van der Waals surface area contributed by atoms with Gasteiger partial charge in [0.05, 0.1) is 18.3 Å². The number of carbonyl (C=O) groups is 2. The van der Waals surface area contributed by atoms with Crippen LogP contribution in [0, 0.1) is 0 Å². The molecule has 0 unspecified atom stereocenters. The number of Topliss-reactive ketones (excluding diaryl/α,β-unsaturated/α-hetero) is 2. The molecule has 90 valence electrons. The molecule has 0 aliphatic heterocycles. The smallest absolute Gasteiger partial charge is 0.182 e. The van der Waals surface area contributed by atoms with Crippen molar-refractivity contribution in [3.8, 4) is 5.75 Å². The second kappa shape index (κ2) is 6.15. The summed E-state index contributed by atoms with van der Waals surface area (Å²) >= 11 is 3.20. The lowest BCUT2D eigenvalue weighted by Gasteiger charge is -2.02.